The van der Waals surface area contributed by atoms with Crippen molar-refractivity contribution in [2.75, 3.05) is 6.54 Å². The maximum Gasteiger partial charge on any atom is 0.333 e. The Labute approximate surface area is 159 Å². The third-order valence-electron chi connectivity index (χ3n) is 4.38. The lowest BCUT2D eigenvalue weighted by Crippen LogP contribution is -2.36. The normalized spacial score (nSPS) is 13.8. The molecule has 28 heavy (non-hydrogen) atoms. The van der Waals surface area contributed by atoms with E-state index in [1.165, 1.54) is 37.2 Å². The van der Waals surface area contributed by atoms with Gasteiger partial charge in [0.2, 0.25) is 11.6 Å². The number of fused-ring (bicyclic) bond motifs is 1. The molecule has 0 spiro atoms. The van der Waals surface area contributed by atoms with Gasteiger partial charge in [0.05, 0.1) is 16.8 Å². The number of aromatic nitrogens is 2. The molecule has 0 saturated heterocycles. The number of carbonyl (C=O) groups excluding carboxylic acids is 2. The van der Waals surface area contributed by atoms with Crippen LogP contribution in [0.5, 0.6) is 5.88 Å². The highest BCUT2D eigenvalue weighted by atomic mass is 16.3. The van der Waals surface area contributed by atoms with Gasteiger partial charge in [-0.05, 0) is 24.1 Å². The Morgan fingerprint density at radius 1 is 0.964 bits per heavy atom. The zero-order valence-electron chi connectivity index (χ0n) is 15.8. The summed E-state index contributed by atoms with van der Waals surface area (Å²) in [5.74, 6) is -1.26. The van der Waals surface area contributed by atoms with Crippen molar-refractivity contribution in [3.05, 3.63) is 50.2 Å². The van der Waals surface area contributed by atoms with Gasteiger partial charge in [-0.15, -0.1) is 5.11 Å². The highest BCUT2D eigenvalue weighted by Crippen LogP contribution is 2.29. The quantitative estimate of drug-likeness (QED) is 0.630. The number of aromatic hydroxyl groups is 1. The molecule has 0 unspecified atom stereocenters. The number of hydrogen-bond donors (Lipinski definition) is 1. The Bertz CT molecular complexity index is 1140. The van der Waals surface area contributed by atoms with Crippen molar-refractivity contribution >= 4 is 23.2 Å². The molecule has 0 radical (unpaired) electrons. The van der Waals surface area contributed by atoms with Crippen LogP contribution in [0.4, 0.5) is 11.4 Å². The average Bonchev–Trinajstić information content (AvgIpc) is 2.89. The van der Waals surface area contributed by atoms with Gasteiger partial charge in [0.25, 0.3) is 17.4 Å². The van der Waals surface area contributed by atoms with E-state index in [9.17, 15) is 24.3 Å². The van der Waals surface area contributed by atoms with E-state index < -0.39 is 28.7 Å². The van der Waals surface area contributed by atoms with Gasteiger partial charge in [-0.2, -0.15) is 5.11 Å². The zero-order valence-corrected chi connectivity index (χ0v) is 15.8. The summed E-state index contributed by atoms with van der Waals surface area (Å²) in [4.78, 5) is 50.0. The SMILES string of the molecule is CC(C)CN1C(=O)c2ccc(N=Nc3c(O)n(C)c(=O)n(C)c3=O)cc2C1=O. The molecule has 0 bridgehead atoms. The molecule has 0 saturated carbocycles. The highest BCUT2D eigenvalue weighted by molar-refractivity contribution is 6.21. The molecule has 1 aliphatic heterocycles. The Morgan fingerprint density at radius 2 is 1.61 bits per heavy atom. The van der Waals surface area contributed by atoms with Crippen molar-refractivity contribution < 1.29 is 14.7 Å². The summed E-state index contributed by atoms with van der Waals surface area (Å²) in [7, 11) is 2.55. The van der Waals surface area contributed by atoms with Crippen LogP contribution in [-0.2, 0) is 14.1 Å². The smallest absolute Gasteiger partial charge is 0.333 e. The molecule has 1 N–H and O–H groups in total. The largest absolute Gasteiger partial charge is 0.493 e. The Kier molecular flexibility index (Phi) is 4.72. The van der Waals surface area contributed by atoms with Crippen molar-refractivity contribution in [3.63, 3.8) is 0 Å². The van der Waals surface area contributed by atoms with Crippen molar-refractivity contribution in [1.29, 1.82) is 0 Å². The minimum atomic E-state index is -0.806. The van der Waals surface area contributed by atoms with E-state index >= 15 is 0 Å². The highest BCUT2D eigenvalue weighted by Gasteiger charge is 2.35. The monoisotopic (exact) mass is 385 g/mol. The topological polar surface area (TPSA) is 126 Å². The predicted octanol–water partition coefficient (Wildman–Crippen LogP) is 1.46. The average molecular weight is 385 g/mol. The van der Waals surface area contributed by atoms with Crippen molar-refractivity contribution in [3.8, 4) is 5.88 Å². The fourth-order valence-electron chi connectivity index (χ4n) is 2.88. The van der Waals surface area contributed by atoms with Crippen LogP contribution >= 0.6 is 0 Å². The van der Waals surface area contributed by atoms with Gasteiger partial charge in [-0.1, -0.05) is 13.8 Å². The van der Waals surface area contributed by atoms with Gasteiger partial charge in [-0.25, -0.2) is 4.79 Å². The number of hydrogen-bond acceptors (Lipinski definition) is 7. The van der Waals surface area contributed by atoms with Crippen LogP contribution in [0.15, 0.2) is 38.0 Å². The van der Waals surface area contributed by atoms with Crippen LogP contribution in [0.25, 0.3) is 0 Å². The second-order valence-corrected chi connectivity index (χ2v) is 6.92. The van der Waals surface area contributed by atoms with E-state index in [0.29, 0.717) is 6.54 Å². The van der Waals surface area contributed by atoms with E-state index in [4.69, 9.17) is 0 Å². The summed E-state index contributed by atoms with van der Waals surface area (Å²) >= 11 is 0. The maximum atomic E-state index is 12.5. The van der Waals surface area contributed by atoms with Gasteiger partial charge in [0.1, 0.15) is 0 Å². The lowest BCUT2D eigenvalue weighted by Gasteiger charge is -2.15. The number of amides is 2. The fraction of sp³-hybridized carbons (Fsp3) is 0.333. The molecule has 2 aromatic rings. The number of nitrogens with zero attached hydrogens (tertiary/aromatic N) is 5. The van der Waals surface area contributed by atoms with Crippen LogP contribution in [-0.4, -0.2) is 37.5 Å². The number of imide groups is 1. The van der Waals surface area contributed by atoms with E-state index in [1.807, 2.05) is 13.8 Å². The molecular formula is C18H19N5O5. The Morgan fingerprint density at radius 3 is 2.25 bits per heavy atom. The Hall–Kier alpha value is -3.56. The van der Waals surface area contributed by atoms with Crippen molar-refractivity contribution in [1.82, 2.24) is 14.0 Å². The molecule has 3 rings (SSSR count). The zero-order chi connectivity index (χ0) is 20.7. The predicted molar refractivity (Wildman–Crippen MR) is 99.4 cm³/mol. The number of benzene rings is 1. The van der Waals surface area contributed by atoms with Gasteiger partial charge >= 0.3 is 5.69 Å². The van der Waals surface area contributed by atoms with E-state index in [1.54, 1.807) is 0 Å². The van der Waals surface area contributed by atoms with Crippen molar-refractivity contribution in [2.24, 2.45) is 30.2 Å². The summed E-state index contributed by atoms with van der Waals surface area (Å²) in [6.45, 7) is 4.12. The molecule has 1 aromatic heterocycles. The van der Waals surface area contributed by atoms with Crippen LogP contribution in [0.3, 0.4) is 0 Å². The molecule has 146 valence electrons. The lowest BCUT2D eigenvalue weighted by atomic mass is 10.1. The van der Waals surface area contributed by atoms with E-state index in [-0.39, 0.29) is 28.6 Å². The van der Waals surface area contributed by atoms with E-state index in [0.717, 1.165) is 9.13 Å². The summed E-state index contributed by atoms with van der Waals surface area (Å²) < 4.78 is 1.66. The first-order valence-electron chi connectivity index (χ1n) is 8.54. The van der Waals surface area contributed by atoms with Crippen LogP contribution < -0.4 is 11.2 Å². The number of carbonyl (C=O) groups is 2. The molecule has 0 fully saturated rings. The number of azo groups is 1. The fourth-order valence-corrected chi connectivity index (χ4v) is 2.88. The summed E-state index contributed by atoms with van der Waals surface area (Å²) in [5, 5.41) is 17.6. The molecule has 1 aromatic carbocycles. The molecule has 0 atom stereocenters. The van der Waals surface area contributed by atoms with Gasteiger partial charge in [-0.3, -0.25) is 28.4 Å². The molecule has 2 heterocycles. The van der Waals surface area contributed by atoms with E-state index in [2.05, 4.69) is 10.2 Å². The summed E-state index contributed by atoms with van der Waals surface area (Å²) in [6.07, 6.45) is 0. The van der Waals surface area contributed by atoms with Gasteiger partial charge < -0.3 is 5.11 Å². The lowest BCUT2D eigenvalue weighted by molar-refractivity contribution is 0.0636. The third kappa shape index (κ3) is 3.02. The molecule has 0 aliphatic carbocycles. The molecule has 2 amide bonds. The minimum Gasteiger partial charge on any atom is -0.493 e. The maximum absolute atomic E-state index is 12.5. The van der Waals surface area contributed by atoms with Gasteiger partial charge in [0, 0.05) is 20.6 Å². The number of rotatable bonds is 4. The molecule has 1 aliphatic rings. The first kappa shape index (κ1) is 19.2. The second-order valence-electron chi connectivity index (χ2n) is 6.92. The standard InChI is InChI=1S/C18H19N5O5/c1-9(2)8-23-14(24)11-6-5-10(7-12(11)15(23)25)19-20-13-16(26)21(3)18(28)22(4)17(13)27/h5-7,9,26H,8H2,1-4H3. The Balaban J connectivity index is 1.99. The first-order valence-corrected chi connectivity index (χ1v) is 8.54. The summed E-state index contributed by atoms with van der Waals surface area (Å²) in [5.41, 5.74) is -1.20. The van der Waals surface area contributed by atoms with Crippen LogP contribution in [0.2, 0.25) is 0 Å². The van der Waals surface area contributed by atoms with Crippen LogP contribution in [0, 0.1) is 5.92 Å². The molecule has 10 nitrogen and oxygen atoms in total. The summed E-state index contributed by atoms with van der Waals surface area (Å²) in [6, 6.07) is 4.36. The third-order valence-corrected chi connectivity index (χ3v) is 4.38. The molecule has 10 heteroatoms. The minimum absolute atomic E-state index is 0.130. The van der Waals surface area contributed by atoms with Crippen LogP contribution in [0.1, 0.15) is 34.6 Å². The second kappa shape index (κ2) is 6.87. The van der Waals surface area contributed by atoms with Crippen molar-refractivity contribution in [2.45, 2.75) is 13.8 Å². The van der Waals surface area contributed by atoms with Gasteiger partial charge in [0.15, 0.2) is 0 Å². The molecular weight excluding hydrogens is 366 g/mol. The first-order chi connectivity index (χ1) is 13.1.